The molecule has 0 saturated carbocycles. The molecule has 1 amide bonds. The molecular formula is C20H22ClN7O2S. The molecule has 9 nitrogen and oxygen atoms in total. The van der Waals surface area contributed by atoms with Gasteiger partial charge in [-0.2, -0.15) is 9.78 Å². The van der Waals surface area contributed by atoms with Crippen molar-refractivity contribution in [3.63, 3.8) is 0 Å². The van der Waals surface area contributed by atoms with Crippen LogP contribution in [0.1, 0.15) is 19.4 Å². The number of halogens is 1. The average molecular weight is 460 g/mol. The fraction of sp³-hybridized carbons (Fsp3) is 0.250. The van der Waals surface area contributed by atoms with Gasteiger partial charge in [0, 0.05) is 35.4 Å². The number of hydrogen-bond donors (Lipinski definition) is 2. The Hall–Kier alpha value is -3.11. The van der Waals surface area contributed by atoms with Crippen LogP contribution >= 0.6 is 23.4 Å². The molecule has 11 heteroatoms. The van der Waals surface area contributed by atoms with E-state index in [9.17, 15) is 9.90 Å². The highest BCUT2D eigenvalue weighted by atomic mass is 35.5. The van der Waals surface area contributed by atoms with Crippen LogP contribution in [0.25, 0.3) is 5.69 Å². The first-order valence-corrected chi connectivity index (χ1v) is 10.9. The first-order chi connectivity index (χ1) is 15.0. The van der Waals surface area contributed by atoms with E-state index in [0.29, 0.717) is 15.7 Å². The number of hydrogen-bond acceptors (Lipinski definition) is 8. The van der Waals surface area contributed by atoms with E-state index in [2.05, 4.69) is 44.8 Å². The molecule has 0 aliphatic heterocycles. The average Bonchev–Trinajstić information content (AvgIpc) is 3.24. The summed E-state index contributed by atoms with van der Waals surface area (Å²) < 4.78 is 1.52. The number of phenols is 1. The molecule has 0 atom stereocenters. The van der Waals surface area contributed by atoms with Crippen molar-refractivity contribution in [2.75, 3.05) is 23.7 Å². The van der Waals surface area contributed by atoms with Crippen LogP contribution in [-0.4, -0.2) is 56.3 Å². The second-order valence-corrected chi connectivity index (χ2v) is 7.73. The Morgan fingerprint density at radius 1 is 1.26 bits per heavy atom. The summed E-state index contributed by atoms with van der Waals surface area (Å²) in [5.41, 5.74) is 4.61. The summed E-state index contributed by atoms with van der Waals surface area (Å²) in [4.78, 5) is 14.2. The molecule has 0 aliphatic rings. The standard InChI is InChI=1S/C20H22ClN7O2S/c1-3-27(4-2)17-8-5-14(18(29)11-17)12-22-23-19(30)13-31-20-24-25-26-28(20)16-9-6-15(21)7-10-16/h5-12,29H,3-4,13H2,1-2H3,(H,23,30)/b22-12-. The van der Waals surface area contributed by atoms with Gasteiger partial charge in [-0.3, -0.25) is 4.79 Å². The number of rotatable bonds is 9. The third-order valence-electron chi connectivity index (χ3n) is 4.38. The fourth-order valence-electron chi connectivity index (χ4n) is 2.78. The van der Waals surface area contributed by atoms with Gasteiger partial charge in [0.05, 0.1) is 17.7 Å². The Balaban J connectivity index is 1.55. The Kier molecular flexibility index (Phi) is 7.85. The van der Waals surface area contributed by atoms with Crippen LogP contribution in [0.15, 0.2) is 52.7 Å². The molecule has 31 heavy (non-hydrogen) atoms. The minimum Gasteiger partial charge on any atom is -0.507 e. The van der Waals surface area contributed by atoms with Crippen LogP contribution in [0, 0.1) is 0 Å². The Morgan fingerprint density at radius 3 is 2.68 bits per heavy atom. The van der Waals surface area contributed by atoms with Crippen molar-refractivity contribution in [1.29, 1.82) is 0 Å². The Bertz CT molecular complexity index is 1050. The summed E-state index contributed by atoms with van der Waals surface area (Å²) >= 11 is 7.08. The predicted octanol–water partition coefficient (Wildman–Crippen LogP) is 3.11. The van der Waals surface area contributed by atoms with E-state index in [-0.39, 0.29) is 17.4 Å². The molecule has 2 N–H and O–H groups in total. The Morgan fingerprint density at radius 2 is 2.00 bits per heavy atom. The maximum Gasteiger partial charge on any atom is 0.250 e. The molecule has 0 aliphatic carbocycles. The van der Waals surface area contributed by atoms with Gasteiger partial charge < -0.3 is 10.0 Å². The Labute approximate surface area is 189 Å². The lowest BCUT2D eigenvalue weighted by molar-refractivity contribution is -0.118. The molecule has 3 aromatic rings. The summed E-state index contributed by atoms with van der Waals surface area (Å²) in [6.07, 6.45) is 1.40. The second kappa shape index (κ2) is 10.8. The van der Waals surface area contributed by atoms with Gasteiger partial charge in [-0.1, -0.05) is 23.4 Å². The number of nitrogens with zero attached hydrogens (tertiary/aromatic N) is 6. The number of aromatic nitrogens is 4. The molecule has 0 saturated heterocycles. The maximum absolute atomic E-state index is 12.1. The van der Waals surface area contributed by atoms with Gasteiger partial charge in [0.15, 0.2) is 0 Å². The number of aromatic hydroxyl groups is 1. The fourth-order valence-corrected chi connectivity index (χ4v) is 3.59. The lowest BCUT2D eigenvalue weighted by atomic mass is 10.2. The van der Waals surface area contributed by atoms with Crippen molar-refractivity contribution in [2.24, 2.45) is 5.10 Å². The normalized spacial score (nSPS) is 11.1. The number of thioether (sulfide) groups is 1. The highest BCUT2D eigenvalue weighted by Crippen LogP contribution is 2.23. The van der Waals surface area contributed by atoms with Crippen molar-refractivity contribution in [1.82, 2.24) is 25.6 Å². The minimum atomic E-state index is -0.328. The van der Waals surface area contributed by atoms with E-state index in [0.717, 1.165) is 24.5 Å². The molecular weight excluding hydrogens is 438 g/mol. The summed E-state index contributed by atoms with van der Waals surface area (Å²) in [5, 5.41) is 26.7. The molecule has 0 unspecified atom stereocenters. The molecule has 1 heterocycles. The number of anilines is 1. The smallest absolute Gasteiger partial charge is 0.250 e. The van der Waals surface area contributed by atoms with Crippen LogP contribution in [0.5, 0.6) is 5.75 Å². The van der Waals surface area contributed by atoms with Crippen molar-refractivity contribution >= 4 is 41.2 Å². The quantitative estimate of drug-likeness (QED) is 0.287. The SMILES string of the molecule is CCN(CC)c1ccc(/C=N\NC(=O)CSc2nnnn2-c2ccc(Cl)cc2)c(O)c1. The molecule has 1 aromatic heterocycles. The first kappa shape index (κ1) is 22.6. The zero-order valence-corrected chi connectivity index (χ0v) is 18.6. The first-order valence-electron chi connectivity index (χ1n) is 9.58. The van der Waals surface area contributed by atoms with Crippen LogP contribution < -0.4 is 10.3 Å². The van der Waals surface area contributed by atoms with Crippen LogP contribution in [0.3, 0.4) is 0 Å². The van der Waals surface area contributed by atoms with Gasteiger partial charge in [0.25, 0.3) is 5.91 Å². The number of hydrazone groups is 1. The largest absolute Gasteiger partial charge is 0.507 e. The van der Waals surface area contributed by atoms with Crippen molar-refractivity contribution in [2.45, 2.75) is 19.0 Å². The summed E-state index contributed by atoms with van der Waals surface area (Å²) in [6.45, 7) is 5.80. The third kappa shape index (κ3) is 5.96. The van der Waals surface area contributed by atoms with E-state index in [1.54, 1.807) is 36.4 Å². The van der Waals surface area contributed by atoms with Gasteiger partial charge >= 0.3 is 0 Å². The lowest BCUT2D eigenvalue weighted by Crippen LogP contribution is -2.21. The molecule has 3 rings (SSSR count). The monoisotopic (exact) mass is 459 g/mol. The highest BCUT2D eigenvalue weighted by molar-refractivity contribution is 7.99. The van der Waals surface area contributed by atoms with Gasteiger partial charge in [-0.05, 0) is 60.7 Å². The van der Waals surface area contributed by atoms with Crippen LogP contribution in [0.4, 0.5) is 5.69 Å². The summed E-state index contributed by atoms with van der Waals surface area (Å²) in [6, 6.07) is 12.4. The van der Waals surface area contributed by atoms with Crippen molar-refractivity contribution in [3.05, 3.63) is 53.1 Å². The van der Waals surface area contributed by atoms with Crippen molar-refractivity contribution in [3.8, 4) is 11.4 Å². The van der Waals surface area contributed by atoms with Gasteiger partial charge in [-0.25, -0.2) is 5.43 Å². The lowest BCUT2D eigenvalue weighted by Gasteiger charge is -2.21. The predicted molar refractivity (Wildman–Crippen MR) is 122 cm³/mol. The van der Waals surface area contributed by atoms with Crippen LogP contribution in [-0.2, 0) is 4.79 Å². The van der Waals surface area contributed by atoms with Gasteiger partial charge in [0.1, 0.15) is 5.75 Å². The van der Waals surface area contributed by atoms with E-state index in [4.69, 9.17) is 11.6 Å². The van der Waals surface area contributed by atoms with Crippen molar-refractivity contribution < 1.29 is 9.90 Å². The number of tetrazole rings is 1. The van der Waals surface area contributed by atoms with E-state index in [1.807, 2.05) is 6.07 Å². The van der Waals surface area contributed by atoms with E-state index < -0.39 is 0 Å². The number of carbonyl (C=O) groups excluding carboxylic acids is 1. The number of phenolic OH excluding ortho intramolecular Hbond substituents is 1. The molecule has 162 valence electrons. The molecule has 0 fully saturated rings. The number of benzene rings is 2. The third-order valence-corrected chi connectivity index (χ3v) is 5.55. The molecule has 0 bridgehead atoms. The summed E-state index contributed by atoms with van der Waals surface area (Å²) in [7, 11) is 0. The maximum atomic E-state index is 12.1. The minimum absolute atomic E-state index is 0.0676. The molecule has 2 aromatic carbocycles. The summed E-state index contributed by atoms with van der Waals surface area (Å²) in [5.74, 6) is -0.164. The number of carbonyl (C=O) groups is 1. The number of amides is 1. The van der Waals surface area contributed by atoms with Gasteiger partial charge in [-0.15, -0.1) is 5.10 Å². The van der Waals surface area contributed by atoms with E-state index >= 15 is 0 Å². The topological polar surface area (TPSA) is 109 Å². The molecule has 0 spiro atoms. The zero-order chi connectivity index (χ0) is 22.2. The van der Waals surface area contributed by atoms with Crippen LogP contribution in [0.2, 0.25) is 5.02 Å². The molecule has 0 radical (unpaired) electrons. The number of nitrogens with one attached hydrogen (secondary N) is 1. The highest BCUT2D eigenvalue weighted by Gasteiger charge is 2.11. The van der Waals surface area contributed by atoms with Gasteiger partial charge in [0.2, 0.25) is 5.16 Å². The second-order valence-electron chi connectivity index (χ2n) is 6.35. The zero-order valence-electron chi connectivity index (χ0n) is 17.1. The van der Waals surface area contributed by atoms with E-state index in [1.165, 1.54) is 22.7 Å².